The van der Waals surface area contributed by atoms with Crippen molar-refractivity contribution in [3.05, 3.63) is 101 Å². The molecule has 6 heteroatoms. The number of ketones is 1. The fourth-order valence-corrected chi connectivity index (χ4v) is 4.83. The highest BCUT2D eigenvalue weighted by Crippen LogP contribution is 2.28. The maximum Gasteiger partial charge on any atom is 0.268 e. The Hall–Kier alpha value is -2.89. The maximum absolute atomic E-state index is 13.4. The molecule has 0 bridgehead atoms. The van der Waals surface area contributed by atoms with Gasteiger partial charge in [0.2, 0.25) is 5.78 Å². The van der Waals surface area contributed by atoms with E-state index in [1.165, 1.54) is 12.1 Å². The van der Waals surface area contributed by atoms with Crippen LogP contribution in [0.4, 0.5) is 0 Å². The summed E-state index contributed by atoms with van der Waals surface area (Å²) in [6.07, 6.45) is 0. The third-order valence-electron chi connectivity index (χ3n) is 4.53. The number of hydrogen-bond donors (Lipinski definition) is 0. The number of carbonyl (C=O) groups excluding carboxylic acids is 1. The van der Waals surface area contributed by atoms with E-state index in [1.807, 2.05) is 19.1 Å². The third-order valence-corrected chi connectivity index (χ3v) is 6.53. The molecule has 0 aliphatic carbocycles. The molecule has 0 unspecified atom stereocenters. The van der Waals surface area contributed by atoms with Crippen molar-refractivity contribution in [1.29, 1.82) is 0 Å². The molecule has 0 fully saturated rings. The molecule has 0 saturated carbocycles. The van der Waals surface area contributed by atoms with Gasteiger partial charge in [0, 0.05) is 16.0 Å². The molecule has 4 aromatic rings. The summed E-state index contributed by atoms with van der Waals surface area (Å²) < 4.78 is 27.9. The van der Waals surface area contributed by atoms with E-state index < -0.39 is 10.0 Å². The summed E-state index contributed by atoms with van der Waals surface area (Å²) in [5.41, 5.74) is 1.90. The van der Waals surface area contributed by atoms with E-state index >= 15 is 0 Å². The van der Waals surface area contributed by atoms with Gasteiger partial charge in [0.25, 0.3) is 10.0 Å². The minimum absolute atomic E-state index is 0.0896. The summed E-state index contributed by atoms with van der Waals surface area (Å²) in [4.78, 5) is 13.3. The van der Waals surface area contributed by atoms with E-state index in [1.54, 1.807) is 54.6 Å². The monoisotopic (exact) mass is 409 g/mol. The van der Waals surface area contributed by atoms with Crippen molar-refractivity contribution < 1.29 is 13.2 Å². The number of fused-ring (bicyclic) bond motifs is 1. The zero-order chi connectivity index (χ0) is 19.9. The molecule has 1 heterocycles. The highest BCUT2D eigenvalue weighted by molar-refractivity contribution is 7.90. The van der Waals surface area contributed by atoms with Crippen molar-refractivity contribution in [2.45, 2.75) is 11.8 Å². The van der Waals surface area contributed by atoms with Crippen molar-refractivity contribution in [3.63, 3.8) is 0 Å². The minimum atomic E-state index is -3.96. The van der Waals surface area contributed by atoms with Gasteiger partial charge in [-0.2, -0.15) is 0 Å². The molecule has 0 aliphatic heterocycles. The van der Waals surface area contributed by atoms with Gasteiger partial charge < -0.3 is 0 Å². The summed E-state index contributed by atoms with van der Waals surface area (Å²) in [6.45, 7) is 1.92. The molecule has 0 radical (unpaired) electrons. The van der Waals surface area contributed by atoms with E-state index in [0.29, 0.717) is 21.5 Å². The van der Waals surface area contributed by atoms with Gasteiger partial charge in [0.1, 0.15) is 5.69 Å². The van der Waals surface area contributed by atoms with Crippen LogP contribution in [0.3, 0.4) is 0 Å². The molecule has 0 atom stereocenters. The molecule has 4 nitrogen and oxygen atoms in total. The molecule has 0 amide bonds. The van der Waals surface area contributed by atoms with Gasteiger partial charge >= 0.3 is 0 Å². The zero-order valence-electron chi connectivity index (χ0n) is 15.0. The summed E-state index contributed by atoms with van der Waals surface area (Å²) >= 11 is 5.92. The first-order valence-corrected chi connectivity index (χ1v) is 10.4. The number of hydrogen-bond acceptors (Lipinski definition) is 3. The Bertz CT molecular complexity index is 1290. The second-order valence-corrected chi connectivity index (χ2v) is 8.73. The average molecular weight is 410 g/mol. The van der Waals surface area contributed by atoms with Gasteiger partial charge in [-0.3, -0.25) is 4.79 Å². The molecule has 0 N–H and O–H groups in total. The molecule has 0 saturated heterocycles. The van der Waals surface area contributed by atoms with Gasteiger partial charge in [0.15, 0.2) is 0 Å². The van der Waals surface area contributed by atoms with Crippen LogP contribution in [0, 0.1) is 6.92 Å². The minimum Gasteiger partial charge on any atom is -0.287 e. The summed E-state index contributed by atoms with van der Waals surface area (Å²) in [6, 6.07) is 21.5. The SMILES string of the molecule is Cc1ccc2c(c1)cc(C(=O)c1ccc(Cl)cc1)n2S(=O)(=O)c1ccccc1. The number of carbonyl (C=O) groups is 1. The lowest BCUT2D eigenvalue weighted by Gasteiger charge is -2.12. The number of benzene rings is 3. The molecule has 1 aromatic heterocycles. The predicted octanol–water partition coefficient (Wildman–Crippen LogP) is 5.07. The first kappa shape index (κ1) is 18.5. The number of aromatic nitrogens is 1. The third kappa shape index (κ3) is 3.13. The van der Waals surface area contributed by atoms with Crippen LogP contribution < -0.4 is 0 Å². The van der Waals surface area contributed by atoms with Crippen LogP contribution in [0.1, 0.15) is 21.6 Å². The molecule has 28 heavy (non-hydrogen) atoms. The Morgan fingerprint density at radius 1 is 0.893 bits per heavy atom. The van der Waals surface area contributed by atoms with E-state index in [9.17, 15) is 13.2 Å². The molecule has 0 aliphatic rings. The normalized spacial score (nSPS) is 11.6. The van der Waals surface area contributed by atoms with Crippen LogP contribution in [-0.2, 0) is 10.0 Å². The fraction of sp³-hybridized carbons (Fsp3) is 0.0455. The lowest BCUT2D eigenvalue weighted by atomic mass is 10.1. The quantitative estimate of drug-likeness (QED) is 0.442. The fourth-order valence-electron chi connectivity index (χ4n) is 3.17. The van der Waals surface area contributed by atoms with Crippen molar-refractivity contribution >= 4 is 38.3 Å². The topological polar surface area (TPSA) is 56.1 Å². The molecule has 140 valence electrons. The van der Waals surface area contributed by atoms with Crippen LogP contribution in [0.25, 0.3) is 10.9 Å². The van der Waals surface area contributed by atoms with Crippen LogP contribution in [-0.4, -0.2) is 18.2 Å². The van der Waals surface area contributed by atoms with Gasteiger partial charge in [-0.1, -0.05) is 41.4 Å². The smallest absolute Gasteiger partial charge is 0.268 e. The van der Waals surface area contributed by atoms with Crippen LogP contribution in [0.2, 0.25) is 5.02 Å². The maximum atomic E-state index is 13.4. The summed E-state index contributed by atoms with van der Waals surface area (Å²) in [7, 11) is -3.96. The van der Waals surface area contributed by atoms with Crippen molar-refractivity contribution in [2.75, 3.05) is 0 Å². The Labute approximate surface area is 168 Å². The predicted molar refractivity (Wildman–Crippen MR) is 111 cm³/mol. The van der Waals surface area contributed by atoms with Crippen molar-refractivity contribution in [1.82, 2.24) is 3.97 Å². The van der Waals surface area contributed by atoms with Crippen molar-refractivity contribution in [3.8, 4) is 0 Å². The van der Waals surface area contributed by atoms with Gasteiger partial charge in [-0.15, -0.1) is 0 Å². The number of halogens is 1. The Kier molecular flexibility index (Phi) is 4.57. The first-order valence-electron chi connectivity index (χ1n) is 8.61. The molecule has 4 rings (SSSR count). The molecular formula is C22H16ClNO3S. The van der Waals surface area contributed by atoms with Gasteiger partial charge in [-0.25, -0.2) is 12.4 Å². The lowest BCUT2D eigenvalue weighted by Crippen LogP contribution is -2.19. The Morgan fingerprint density at radius 2 is 1.57 bits per heavy atom. The Morgan fingerprint density at radius 3 is 2.25 bits per heavy atom. The van der Waals surface area contributed by atoms with E-state index in [0.717, 1.165) is 9.54 Å². The van der Waals surface area contributed by atoms with Crippen molar-refractivity contribution in [2.24, 2.45) is 0 Å². The van der Waals surface area contributed by atoms with Crippen LogP contribution in [0.5, 0.6) is 0 Å². The van der Waals surface area contributed by atoms with Gasteiger partial charge in [0.05, 0.1) is 10.4 Å². The number of nitrogens with zero attached hydrogens (tertiary/aromatic N) is 1. The second-order valence-electron chi connectivity index (χ2n) is 6.51. The zero-order valence-corrected chi connectivity index (χ0v) is 16.5. The van der Waals surface area contributed by atoms with Gasteiger partial charge in [-0.05, 0) is 61.5 Å². The Balaban J connectivity index is 2.00. The van der Waals surface area contributed by atoms with E-state index in [2.05, 4.69) is 0 Å². The van der Waals surface area contributed by atoms with E-state index in [4.69, 9.17) is 11.6 Å². The van der Waals surface area contributed by atoms with Crippen LogP contribution >= 0.6 is 11.6 Å². The first-order chi connectivity index (χ1) is 13.4. The highest BCUT2D eigenvalue weighted by Gasteiger charge is 2.26. The molecule has 3 aromatic carbocycles. The second kappa shape index (κ2) is 6.93. The number of aryl methyl sites for hydroxylation is 1. The molecular weight excluding hydrogens is 394 g/mol. The van der Waals surface area contributed by atoms with Crippen LogP contribution in [0.15, 0.2) is 83.8 Å². The average Bonchev–Trinajstić information content (AvgIpc) is 3.08. The summed E-state index contributed by atoms with van der Waals surface area (Å²) in [5.74, 6) is -0.384. The summed E-state index contributed by atoms with van der Waals surface area (Å²) in [5, 5.41) is 1.20. The molecule has 0 spiro atoms. The largest absolute Gasteiger partial charge is 0.287 e. The number of rotatable bonds is 4. The van der Waals surface area contributed by atoms with E-state index in [-0.39, 0.29) is 16.4 Å². The highest BCUT2D eigenvalue weighted by atomic mass is 35.5. The lowest BCUT2D eigenvalue weighted by molar-refractivity contribution is 0.103. The standard InChI is InChI=1S/C22H16ClNO3S/c1-15-7-12-20-17(13-15)14-21(22(25)16-8-10-18(23)11-9-16)24(20)28(26,27)19-5-3-2-4-6-19/h2-14H,1H3.